The second kappa shape index (κ2) is 7.85. The third-order valence-corrected chi connectivity index (χ3v) is 7.65. The van der Waals surface area contributed by atoms with Crippen LogP contribution in [-0.2, 0) is 10.5 Å². The molecule has 4 heterocycles. The van der Waals surface area contributed by atoms with E-state index in [0.29, 0.717) is 23.5 Å². The molecule has 7 nitrogen and oxygen atoms in total. The zero-order valence-electron chi connectivity index (χ0n) is 17.8. The van der Waals surface area contributed by atoms with E-state index in [1.54, 1.807) is 4.90 Å². The van der Waals surface area contributed by atoms with Crippen LogP contribution >= 0.6 is 11.8 Å². The third kappa shape index (κ3) is 3.05. The number of hydrogen-bond donors (Lipinski definition) is 1. The number of hydrogen-bond acceptors (Lipinski definition) is 6. The third-order valence-electron chi connectivity index (χ3n) is 6.51. The van der Waals surface area contributed by atoms with Crippen LogP contribution in [0.5, 0.6) is 5.75 Å². The SMILES string of the molecule is O=C1c2c(O)c(=O)ccn2N(C2c3cc(F)c(F)cc3CSc3ccccc32)C2COCCN12. The molecule has 3 aromatic rings. The van der Waals surface area contributed by atoms with Gasteiger partial charge in [0.1, 0.15) is 6.17 Å². The summed E-state index contributed by atoms with van der Waals surface area (Å²) < 4.78 is 36.0. The molecule has 1 N–H and O–H groups in total. The summed E-state index contributed by atoms with van der Waals surface area (Å²) in [7, 11) is 0. The first-order valence-corrected chi connectivity index (χ1v) is 11.8. The maximum atomic E-state index is 14.6. The van der Waals surface area contributed by atoms with Gasteiger partial charge in [-0.3, -0.25) is 19.3 Å². The first kappa shape index (κ1) is 21.2. The lowest BCUT2D eigenvalue weighted by Crippen LogP contribution is -2.66. The van der Waals surface area contributed by atoms with Gasteiger partial charge in [0.2, 0.25) is 5.43 Å². The van der Waals surface area contributed by atoms with Gasteiger partial charge in [-0.05, 0) is 34.9 Å². The van der Waals surface area contributed by atoms with Gasteiger partial charge in [-0.2, -0.15) is 0 Å². The molecule has 174 valence electrons. The number of halogens is 2. The number of aromatic nitrogens is 1. The van der Waals surface area contributed by atoms with Crippen molar-refractivity contribution < 1.29 is 23.4 Å². The number of aromatic hydroxyl groups is 1. The first-order valence-electron chi connectivity index (χ1n) is 10.8. The van der Waals surface area contributed by atoms with Gasteiger partial charge in [-0.1, -0.05) is 18.2 Å². The number of fused-ring (bicyclic) bond motifs is 4. The number of carbonyl (C=O) groups is 1. The smallest absolute Gasteiger partial charge is 0.278 e. The second-order valence-corrected chi connectivity index (χ2v) is 9.37. The molecule has 2 atom stereocenters. The Kier molecular flexibility index (Phi) is 4.89. The number of amides is 1. The van der Waals surface area contributed by atoms with Gasteiger partial charge < -0.3 is 14.7 Å². The summed E-state index contributed by atoms with van der Waals surface area (Å²) in [6.45, 7) is 0.737. The van der Waals surface area contributed by atoms with Crippen molar-refractivity contribution in [2.45, 2.75) is 22.9 Å². The Hall–Kier alpha value is -3.37. The molecule has 6 rings (SSSR count). The lowest BCUT2D eigenvalue weighted by atomic mass is 9.93. The van der Waals surface area contributed by atoms with Crippen molar-refractivity contribution in [3.05, 3.63) is 92.9 Å². The zero-order chi connectivity index (χ0) is 23.6. The molecule has 2 aromatic carbocycles. The minimum atomic E-state index is -0.971. The number of nitrogens with zero attached hydrogens (tertiary/aromatic N) is 3. The van der Waals surface area contributed by atoms with Gasteiger partial charge in [0.25, 0.3) is 5.91 Å². The summed E-state index contributed by atoms with van der Waals surface area (Å²) in [5.74, 6) is -2.60. The summed E-state index contributed by atoms with van der Waals surface area (Å²) in [5.41, 5.74) is 1.17. The Morgan fingerprint density at radius 3 is 2.71 bits per heavy atom. The van der Waals surface area contributed by atoms with Crippen molar-refractivity contribution in [2.75, 3.05) is 24.8 Å². The van der Waals surface area contributed by atoms with Crippen LogP contribution in [0, 0.1) is 11.6 Å². The highest BCUT2D eigenvalue weighted by Crippen LogP contribution is 2.44. The van der Waals surface area contributed by atoms with Gasteiger partial charge in [0.15, 0.2) is 23.1 Å². The minimum absolute atomic E-state index is 0.163. The number of ether oxygens (including phenoxy) is 1. The van der Waals surface area contributed by atoms with Crippen LogP contribution in [-0.4, -0.2) is 46.5 Å². The topological polar surface area (TPSA) is 75.0 Å². The van der Waals surface area contributed by atoms with Crippen molar-refractivity contribution >= 4 is 17.7 Å². The predicted molar refractivity (Wildman–Crippen MR) is 120 cm³/mol. The molecule has 0 bridgehead atoms. The average Bonchev–Trinajstić information content (AvgIpc) is 2.99. The molecule has 0 radical (unpaired) electrons. The molecule has 1 aromatic heterocycles. The number of morpholine rings is 1. The fourth-order valence-electron chi connectivity index (χ4n) is 4.96. The average molecular weight is 483 g/mol. The Balaban J connectivity index is 1.67. The fourth-order valence-corrected chi connectivity index (χ4v) is 6.04. The fraction of sp³-hybridized carbons (Fsp3) is 0.250. The lowest BCUT2D eigenvalue weighted by Gasteiger charge is -2.51. The second-order valence-electron chi connectivity index (χ2n) is 8.35. The molecule has 0 saturated carbocycles. The highest BCUT2D eigenvalue weighted by molar-refractivity contribution is 7.98. The molecule has 3 aliphatic rings. The summed E-state index contributed by atoms with van der Waals surface area (Å²) in [5, 5.41) is 12.4. The van der Waals surface area contributed by atoms with E-state index in [1.807, 2.05) is 29.3 Å². The Labute approximate surface area is 197 Å². The largest absolute Gasteiger partial charge is 0.502 e. The Bertz CT molecular complexity index is 1400. The highest BCUT2D eigenvalue weighted by atomic mass is 32.2. The zero-order valence-corrected chi connectivity index (χ0v) is 18.6. The van der Waals surface area contributed by atoms with E-state index in [-0.39, 0.29) is 18.8 Å². The molecule has 1 fully saturated rings. The van der Waals surface area contributed by atoms with Crippen LogP contribution in [0.25, 0.3) is 0 Å². The van der Waals surface area contributed by atoms with Crippen LogP contribution in [0.3, 0.4) is 0 Å². The number of carbonyl (C=O) groups excluding carboxylic acids is 1. The van der Waals surface area contributed by atoms with Crippen LogP contribution < -0.4 is 10.4 Å². The van der Waals surface area contributed by atoms with Gasteiger partial charge in [0.05, 0.1) is 19.3 Å². The molecule has 1 saturated heterocycles. The maximum absolute atomic E-state index is 14.6. The molecule has 0 spiro atoms. The summed E-state index contributed by atoms with van der Waals surface area (Å²) >= 11 is 1.52. The molecule has 0 aliphatic carbocycles. The summed E-state index contributed by atoms with van der Waals surface area (Å²) in [6.07, 6.45) is 0.833. The van der Waals surface area contributed by atoms with E-state index < -0.39 is 40.9 Å². The number of benzene rings is 2. The maximum Gasteiger partial charge on any atom is 0.278 e. The minimum Gasteiger partial charge on any atom is -0.502 e. The Morgan fingerprint density at radius 1 is 1.06 bits per heavy atom. The Morgan fingerprint density at radius 2 is 1.85 bits per heavy atom. The van der Waals surface area contributed by atoms with Gasteiger partial charge >= 0.3 is 0 Å². The van der Waals surface area contributed by atoms with E-state index >= 15 is 0 Å². The van der Waals surface area contributed by atoms with Crippen molar-refractivity contribution in [1.82, 2.24) is 9.58 Å². The van der Waals surface area contributed by atoms with E-state index in [4.69, 9.17) is 4.74 Å². The standard InChI is InChI=1S/C24H19F2N3O4S/c25-16-9-13-12-34-19-4-2-1-3-14(19)21(15(13)10-17(16)26)29-20-11-33-8-7-27(20)24(32)22-23(31)18(30)5-6-28(22)29/h1-6,9-10,20-21,31H,7-8,11-12H2. The first-order chi connectivity index (χ1) is 16.5. The van der Waals surface area contributed by atoms with Crippen molar-refractivity contribution in [2.24, 2.45) is 0 Å². The van der Waals surface area contributed by atoms with Crippen LogP contribution in [0.2, 0.25) is 0 Å². The monoisotopic (exact) mass is 483 g/mol. The van der Waals surface area contributed by atoms with E-state index in [2.05, 4.69) is 0 Å². The van der Waals surface area contributed by atoms with Crippen molar-refractivity contribution in [3.63, 3.8) is 0 Å². The summed E-state index contributed by atoms with van der Waals surface area (Å²) in [4.78, 5) is 28.0. The summed E-state index contributed by atoms with van der Waals surface area (Å²) in [6, 6.07) is 10.6. The van der Waals surface area contributed by atoms with Gasteiger partial charge in [-0.25, -0.2) is 8.78 Å². The molecule has 10 heteroatoms. The van der Waals surface area contributed by atoms with Crippen molar-refractivity contribution in [3.8, 4) is 5.75 Å². The molecule has 34 heavy (non-hydrogen) atoms. The molecule has 1 amide bonds. The van der Waals surface area contributed by atoms with E-state index in [9.17, 15) is 23.5 Å². The van der Waals surface area contributed by atoms with Gasteiger partial charge in [-0.15, -0.1) is 11.8 Å². The van der Waals surface area contributed by atoms with E-state index in [0.717, 1.165) is 10.5 Å². The molecule has 3 aliphatic heterocycles. The molecular formula is C24H19F2N3O4S. The highest BCUT2D eigenvalue weighted by Gasteiger charge is 2.46. The predicted octanol–water partition coefficient (Wildman–Crippen LogP) is 2.98. The van der Waals surface area contributed by atoms with Gasteiger partial charge in [0, 0.05) is 29.5 Å². The molecular weight excluding hydrogens is 464 g/mol. The quantitative estimate of drug-likeness (QED) is 0.574. The normalized spacial score (nSPS) is 21.3. The lowest BCUT2D eigenvalue weighted by molar-refractivity contribution is -0.0197. The number of thioether (sulfide) groups is 1. The van der Waals surface area contributed by atoms with Crippen LogP contribution in [0.1, 0.15) is 33.2 Å². The van der Waals surface area contributed by atoms with Crippen molar-refractivity contribution in [1.29, 1.82) is 0 Å². The van der Waals surface area contributed by atoms with E-state index in [1.165, 1.54) is 40.8 Å². The molecule has 2 unspecified atom stereocenters. The van der Waals surface area contributed by atoms with Crippen LogP contribution in [0.4, 0.5) is 8.78 Å². The number of rotatable bonds is 1. The number of pyridine rings is 1. The van der Waals surface area contributed by atoms with Crippen LogP contribution in [0.15, 0.2) is 58.4 Å².